The van der Waals surface area contributed by atoms with Crippen LogP contribution in [-0.4, -0.2) is 40.4 Å². The molecule has 2 aromatic rings. The highest BCUT2D eigenvalue weighted by atomic mass is 35.5. The van der Waals surface area contributed by atoms with Gasteiger partial charge in [0, 0.05) is 12.2 Å². The van der Waals surface area contributed by atoms with Crippen LogP contribution in [0.15, 0.2) is 36.4 Å². The maximum Gasteiger partial charge on any atom is 0.259 e. The molecule has 8 heteroatoms. The van der Waals surface area contributed by atoms with Gasteiger partial charge in [-0.25, -0.2) is 0 Å². The number of methoxy groups -OCH3 is 3. The second-order valence-corrected chi connectivity index (χ2v) is 5.00. The molecule has 0 atom stereocenters. The van der Waals surface area contributed by atoms with Crippen LogP contribution in [0.2, 0.25) is 0 Å². The van der Waals surface area contributed by atoms with E-state index in [1.807, 2.05) is 0 Å². The van der Waals surface area contributed by atoms with Crippen molar-refractivity contribution in [2.75, 3.05) is 39.8 Å². The van der Waals surface area contributed by atoms with Gasteiger partial charge in [-0.15, -0.1) is 12.4 Å². The monoisotopic (exact) mass is 382 g/mol. The number of anilines is 1. The number of hydrogen-bond donors (Lipinski definition) is 2. The maximum atomic E-state index is 12.6. The molecule has 0 aliphatic heterocycles. The predicted molar refractivity (Wildman–Crippen MR) is 102 cm³/mol. The summed E-state index contributed by atoms with van der Waals surface area (Å²) in [6.07, 6.45) is 0. The molecule has 3 N–H and O–H groups in total. The number of halogens is 1. The first-order valence-electron chi connectivity index (χ1n) is 7.67. The van der Waals surface area contributed by atoms with Gasteiger partial charge in [-0.2, -0.15) is 0 Å². The number of benzene rings is 2. The third-order valence-electron chi connectivity index (χ3n) is 3.45. The Balaban J connectivity index is 0.00000338. The summed E-state index contributed by atoms with van der Waals surface area (Å²) in [4.78, 5) is 12.6. The zero-order valence-electron chi connectivity index (χ0n) is 14.9. The van der Waals surface area contributed by atoms with E-state index in [0.717, 1.165) is 0 Å². The van der Waals surface area contributed by atoms with Gasteiger partial charge in [0.15, 0.2) is 11.5 Å². The Hall–Kier alpha value is -2.64. The van der Waals surface area contributed by atoms with Crippen molar-refractivity contribution in [2.24, 2.45) is 5.73 Å². The van der Waals surface area contributed by atoms with Crippen molar-refractivity contribution in [3.63, 3.8) is 0 Å². The third kappa shape index (κ3) is 4.93. The van der Waals surface area contributed by atoms with Crippen LogP contribution in [0.4, 0.5) is 5.69 Å². The van der Waals surface area contributed by atoms with Crippen molar-refractivity contribution >= 4 is 24.0 Å². The molecule has 0 aliphatic carbocycles. The summed E-state index contributed by atoms with van der Waals surface area (Å²) in [6, 6.07) is 10.3. The van der Waals surface area contributed by atoms with Crippen molar-refractivity contribution in [1.82, 2.24) is 0 Å². The first-order chi connectivity index (χ1) is 12.1. The van der Waals surface area contributed by atoms with Crippen molar-refractivity contribution in [1.29, 1.82) is 0 Å². The number of ether oxygens (including phenoxy) is 4. The molecule has 0 saturated heterocycles. The molecule has 0 spiro atoms. The molecule has 2 aromatic carbocycles. The van der Waals surface area contributed by atoms with Gasteiger partial charge in [-0.3, -0.25) is 4.79 Å². The minimum atomic E-state index is -0.326. The molecule has 0 aliphatic rings. The molecule has 0 fully saturated rings. The molecule has 0 radical (unpaired) electrons. The third-order valence-corrected chi connectivity index (χ3v) is 3.45. The highest BCUT2D eigenvalue weighted by Gasteiger charge is 2.20. The first-order valence-corrected chi connectivity index (χ1v) is 7.67. The molecular formula is C18H23ClN2O5. The van der Waals surface area contributed by atoms with Crippen molar-refractivity contribution in [2.45, 2.75) is 0 Å². The Labute approximate surface area is 158 Å². The van der Waals surface area contributed by atoms with E-state index in [2.05, 4.69) is 5.32 Å². The quantitative estimate of drug-likeness (QED) is 0.729. The second kappa shape index (κ2) is 10.4. The SMILES string of the molecule is COc1ccc(C(=O)Nc2ccc(OCCN)cc2)c(OC)c1OC.Cl. The molecule has 0 saturated carbocycles. The van der Waals surface area contributed by atoms with Crippen LogP contribution in [0.5, 0.6) is 23.0 Å². The highest BCUT2D eigenvalue weighted by molar-refractivity contribution is 6.07. The normalized spacial score (nSPS) is 9.69. The van der Waals surface area contributed by atoms with E-state index in [0.29, 0.717) is 47.4 Å². The van der Waals surface area contributed by atoms with Crippen molar-refractivity contribution in [3.05, 3.63) is 42.0 Å². The van der Waals surface area contributed by atoms with Crippen LogP contribution in [0.25, 0.3) is 0 Å². The largest absolute Gasteiger partial charge is 0.493 e. The first kappa shape index (κ1) is 21.4. The molecule has 0 unspecified atom stereocenters. The Bertz CT molecular complexity index is 722. The van der Waals surface area contributed by atoms with E-state index in [4.69, 9.17) is 24.7 Å². The molecule has 2 rings (SSSR count). The highest BCUT2D eigenvalue weighted by Crippen LogP contribution is 2.39. The van der Waals surface area contributed by atoms with Crippen LogP contribution < -0.4 is 30.0 Å². The summed E-state index contributed by atoms with van der Waals surface area (Å²) < 4.78 is 21.3. The summed E-state index contributed by atoms with van der Waals surface area (Å²) in [7, 11) is 4.48. The average Bonchev–Trinajstić information content (AvgIpc) is 2.65. The molecule has 0 aromatic heterocycles. The van der Waals surface area contributed by atoms with E-state index < -0.39 is 0 Å². The van der Waals surface area contributed by atoms with Gasteiger partial charge in [-0.1, -0.05) is 0 Å². The van der Waals surface area contributed by atoms with E-state index >= 15 is 0 Å². The minimum absolute atomic E-state index is 0. The van der Waals surface area contributed by atoms with Crippen molar-refractivity contribution < 1.29 is 23.7 Å². The summed E-state index contributed by atoms with van der Waals surface area (Å²) >= 11 is 0. The van der Waals surface area contributed by atoms with Gasteiger partial charge in [0.05, 0.1) is 26.9 Å². The number of amides is 1. The zero-order valence-corrected chi connectivity index (χ0v) is 15.7. The van der Waals surface area contributed by atoms with Gasteiger partial charge >= 0.3 is 0 Å². The summed E-state index contributed by atoms with van der Waals surface area (Å²) in [5.74, 6) is 1.52. The van der Waals surface area contributed by atoms with Crippen LogP contribution >= 0.6 is 12.4 Å². The lowest BCUT2D eigenvalue weighted by Gasteiger charge is -2.15. The second-order valence-electron chi connectivity index (χ2n) is 5.00. The summed E-state index contributed by atoms with van der Waals surface area (Å²) in [5, 5.41) is 2.81. The fourth-order valence-electron chi connectivity index (χ4n) is 2.29. The Morgan fingerprint density at radius 2 is 1.62 bits per heavy atom. The lowest BCUT2D eigenvalue weighted by atomic mass is 10.1. The molecule has 7 nitrogen and oxygen atoms in total. The Morgan fingerprint density at radius 1 is 0.962 bits per heavy atom. The maximum absolute atomic E-state index is 12.6. The molecule has 0 heterocycles. The Kier molecular flexibility index (Phi) is 8.54. The number of nitrogens with one attached hydrogen (secondary N) is 1. The number of hydrogen-bond acceptors (Lipinski definition) is 6. The zero-order chi connectivity index (χ0) is 18.2. The fraction of sp³-hybridized carbons (Fsp3) is 0.278. The average molecular weight is 383 g/mol. The van der Waals surface area contributed by atoms with E-state index in [1.165, 1.54) is 21.3 Å². The standard InChI is InChI=1S/C18H22N2O5.ClH/c1-22-15-9-8-14(16(23-2)17(15)24-3)18(21)20-12-4-6-13(7-5-12)25-11-10-19;/h4-9H,10-11,19H2,1-3H3,(H,20,21);1H. The smallest absolute Gasteiger partial charge is 0.259 e. The number of rotatable bonds is 8. The van der Waals surface area contributed by atoms with Crippen molar-refractivity contribution in [3.8, 4) is 23.0 Å². The lowest BCUT2D eigenvalue weighted by Crippen LogP contribution is -2.14. The molecule has 0 bridgehead atoms. The van der Waals surface area contributed by atoms with Crippen LogP contribution in [0.1, 0.15) is 10.4 Å². The van der Waals surface area contributed by atoms with Crippen LogP contribution in [0, 0.1) is 0 Å². The number of carbonyl (C=O) groups excluding carboxylic acids is 1. The molecule has 142 valence electrons. The molecule has 26 heavy (non-hydrogen) atoms. The predicted octanol–water partition coefficient (Wildman–Crippen LogP) is 2.72. The van der Waals surface area contributed by atoms with Gasteiger partial charge in [0.1, 0.15) is 12.4 Å². The van der Waals surface area contributed by atoms with Gasteiger partial charge in [-0.05, 0) is 36.4 Å². The fourth-order valence-corrected chi connectivity index (χ4v) is 2.29. The van der Waals surface area contributed by atoms with Crippen LogP contribution in [0.3, 0.4) is 0 Å². The van der Waals surface area contributed by atoms with Gasteiger partial charge < -0.3 is 30.0 Å². The topological polar surface area (TPSA) is 92.0 Å². The molecular weight excluding hydrogens is 360 g/mol. The Morgan fingerprint density at radius 3 is 2.15 bits per heavy atom. The number of nitrogens with two attached hydrogens (primary N) is 1. The lowest BCUT2D eigenvalue weighted by molar-refractivity contribution is 0.102. The summed E-state index contributed by atoms with van der Waals surface area (Å²) in [6.45, 7) is 0.881. The van der Waals surface area contributed by atoms with Gasteiger partial charge in [0.2, 0.25) is 5.75 Å². The van der Waals surface area contributed by atoms with E-state index in [9.17, 15) is 4.79 Å². The van der Waals surface area contributed by atoms with Gasteiger partial charge in [0.25, 0.3) is 5.91 Å². The number of carbonyl (C=O) groups is 1. The summed E-state index contributed by atoms with van der Waals surface area (Å²) in [5.41, 5.74) is 6.36. The minimum Gasteiger partial charge on any atom is -0.493 e. The van der Waals surface area contributed by atoms with Crippen LogP contribution in [-0.2, 0) is 0 Å². The van der Waals surface area contributed by atoms with E-state index in [1.54, 1.807) is 36.4 Å². The molecule has 1 amide bonds. The van der Waals surface area contributed by atoms with E-state index in [-0.39, 0.29) is 18.3 Å².